The summed E-state index contributed by atoms with van der Waals surface area (Å²) < 4.78 is 2.43. The minimum absolute atomic E-state index is 0.355. The predicted molar refractivity (Wildman–Crippen MR) is 145 cm³/mol. The Balaban J connectivity index is 1.78. The van der Waals surface area contributed by atoms with Gasteiger partial charge in [-0.05, 0) is 43.5 Å². The summed E-state index contributed by atoms with van der Waals surface area (Å²) in [5.74, 6) is 1.39. The molecule has 0 aliphatic carbocycles. The Bertz CT molecular complexity index is 1210. The van der Waals surface area contributed by atoms with Gasteiger partial charge in [-0.1, -0.05) is 93.1 Å². The zero-order chi connectivity index (χ0) is 24.6. The van der Waals surface area contributed by atoms with E-state index in [0.717, 1.165) is 73.7 Å². The summed E-state index contributed by atoms with van der Waals surface area (Å²) in [4.78, 5) is 7.77. The third-order valence-electron chi connectivity index (χ3n) is 6.47. The summed E-state index contributed by atoms with van der Waals surface area (Å²) in [5.41, 5.74) is 6.79. The molecule has 0 unspecified atom stereocenters. The summed E-state index contributed by atoms with van der Waals surface area (Å²) >= 11 is 0. The third kappa shape index (κ3) is 6.01. The molecule has 4 nitrogen and oxygen atoms in total. The lowest BCUT2D eigenvalue weighted by atomic mass is 10.1. The van der Waals surface area contributed by atoms with Crippen LogP contribution in [-0.4, -0.2) is 26.1 Å². The maximum absolute atomic E-state index is 10.00. The number of unbranched alkanes of at least 4 members (excludes halogenated alkanes) is 1. The van der Waals surface area contributed by atoms with E-state index in [1.54, 1.807) is 0 Å². The Morgan fingerprint density at radius 2 is 1.51 bits per heavy atom. The van der Waals surface area contributed by atoms with Gasteiger partial charge in [-0.15, -0.1) is 0 Å². The maximum atomic E-state index is 10.00. The number of nitrogens with zero attached hydrogens (tertiary/aromatic N) is 3. The Morgan fingerprint density at radius 3 is 2.14 bits per heavy atom. The van der Waals surface area contributed by atoms with Crippen molar-refractivity contribution >= 4 is 0 Å². The van der Waals surface area contributed by atoms with Gasteiger partial charge in [-0.2, -0.15) is 0 Å². The summed E-state index contributed by atoms with van der Waals surface area (Å²) in [7, 11) is 0. The molecule has 0 spiro atoms. The molecular weight excluding hydrogens is 430 g/mol. The second kappa shape index (κ2) is 11.9. The number of benzene rings is 3. The molecule has 3 aromatic carbocycles. The van der Waals surface area contributed by atoms with Crippen molar-refractivity contribution in [3.05, 3.63) is 95.7 Å². The fraction of sp³-hybridized carbons (Fsp3) is 0.323. The number of hydrogen-bond acceptors (Lipinski definition) is 3. The monoisotopic (exact) mass is 467 g/mol. The van der Waals surface area contributed by atoms with Crippen LogP contribution in [0, 0.1) is 6.92 Å². The lowest BCUT2D eigenvalue weighted by Gasteiger charge is -2.24. The molecule has 0 aliphatic heterocycles. The molecular formula is C31H37N3O. The Labute approximate surface area is 209 Å². The molecule has 4 heteroatoms. The Kier molecular flexibility index (Phi) is 8.38. The van der Waals surface area contributed by atoms with Crippen LogP contribution in [0.1, 0.15) is 49.9 Å². The predicted octanol–water partition coefficient (Wildman–Crippen LogP) is 7.44. The van der Waals surface area contributed by atoms with E-state index in [4.69, 9.17) is 4.98 Å². The number of rotatable bonds is 11. The molecule has 0 saturated heterocycles. The highest BCUT2D eigenvalue weighted by Gasteiger charge is 2.21. The van der Waals surface area contributed by atoms with Gasteiger partial charge in [0.15, 0.2) is 0 Å². The van der Waals surface area contributed by atoms with Crippen molar-refractivity contribution < 1.29 is 5.11 Å². The minimum atomic E-state index is 0.355. The smallest absolute Gasteiger partial charge is 0.140 e. The quantitative estimate of drug-likeness (QED) is 0.249. The number of aromatic nitrogens is 2. The molecule has 0 atom stereocenters. The lowest BCUT2D eigenvalue weighted by Crippen LogP contribution is -2.26. The van der Waals surface area contributed by atoms with Crippen molar-refractivity contribution in [2.75, 3.05) is 6.54 Å². The van der Waals surface area contributed by atoms with Crippen LogP contribution in [0.3, 0.4) is 0 Å². The van der Waals surface area contributed by atoms with Gasteiger partial charge in [0.05, 0.1) is 11.4 Å². The Hall–Kier alpha value is -3.37. The first-order valence-electron chi connectivity index (χ1n) is 12.8. The van der Waals surface area contributed by atoms with E-state index in [2.05, 4.69) is 90.0 Å². The van der Waals surface area contributed by atoms with Crippen molar-refractivity contribution in [3.63, 3.8) is 0 Å². The van der Waals surface area contributed by atoms with Crippen molar-refractivity contribution in [2.24, 2.45) is 0 Å². The lowest BCUT2D eigenvalue weighted by molar-refractivity contribution is 0.246. The molecule has 182 valence electrons. The first-order chi connectivity index (χ1) is 17.1. The number of imidazole rings is 1. The summed E-state index contributed by atoms with van der Waals surface area (Å²) in [6.07, 6.45) is 3.34. The van der Waals surface area contributed by atoms with Crippen LogP contribution in [0.15, 0.2) is 78.9 Å². The zero-order valence-corrected chi connectivity index (χ0v) is 21.2. The molecule has 0 amide bonds. The molecule has 1 heterocycles. The first-order valence-corrected chi connectivity index (χ1v) is 12.8. The van der Waals surface area contributed by atoms with Crippen molar-refractivity contribution in [3.8, 4) is 28.4 Å². The van der Waals surface area contributed by atoms with Gasteiger partial charge in [0, 0.05) is 30.8 Å². The molecule has 4 rings (SSSR count). The fourth-order valence-corrected chi connectivity index (χ4v) is 4.63. The van der Waals surface area contributed by atoms with E-state index in [-0.39, 0.29) is 0 Å². The average Bonchev–Trinajstić information content (AvgIpc) is 3.24. The topological polar surface area (TPSA) is 41.3 Å². The molecule has 0 saturated carbocycles. The highest BCUT2D eigenvalue weighted by molar-refractivity contribution is 5.68. The van der Waals surface area contributed by atoms with Crippen LogP contribution in [0.5, 0.6) is 5.75 Å². The average molecular weight is 468 g/mol. The van der Waals surface area contributed by atoms with E-state index in [0.29, 0.717) is 5.75 Å². The van der Waals surface area contributed by atoms with Crippen molar-refractivity contribution in [2.45, 2.75) is 59.7 Å². The second-order valence-corrected chi connectivity index (χ2v) is 9.30. The first kappa shape index (κ1) is 24.7. The Morgan fingerprint density at radius 1 is 0.829 bits per heavy atom. The summed E-state index contributed by atoms with van der Waals surface area (Å²) in [5, 5.41) is 10.00. The van der Waals surface area contributed by atoms with Gasteiger partial charge in [0.25, 0.3) is 0 Å². The van der Waals surface area contributed by atoms with E-state index in [9.17, 15) is 5.11 Å². The molecule has 1 aromatic heterocycles. The minimum Gasteiger partial charge on any atom is -0.508 e. The number of phenolic OH excluding ortho intramolecular Hbond substituents is 1. The molecule has 4 aromatic rings. The van der Waals surface area contributed by atoms with Crippen LogP contribution < -0.4 is 0 Å². The fourth-order valence-electron chi connectivity index (χ4n) is 4.63. The van der Waals surface area contributed by atoms with E-state index >= 15 is 0 Å². The van der Waals surface area contributed by atoms with Gasteiger partial charge >= 0.3 is 0 Å². The molecule has 1 N–H and O–H groups in total. The summed E-state index contributed by atoms with van der Waals surface area (Å²) in [6, 6.07) is 27.1. The SMILES string of the molecule is CCCCN(Cc1ccc(O)c(C)c1)Cc1c(-c2ccccc2)nc(-c2ccccc2)n1CCC. The maximum Gasteiger partial charge on any atom is 0.140 e. The van der Waals surface area contributed by atoms with Crippen molar-refractivity contribution in [1.82, 2.24) is 14.5 Å². The van der Waals surface area contributed by atoms with Gasteiger partial charge in [-0.3, -0.25) is 4.90 Å². The zero-order valence-electron chi connectivity index (χ0n) is 21.2. The molecule has 0 bridgehead atoms. The van der Waals surface area contributed by atoms with Crippen LogP contribution in [0.2, 0.25) is 0 Å². The standard InChI is InChI=1S/C31H37N3O/c1-4-6-20-33(22-25-17-18-29(35)24(3)21-25)23-28-30(26-13-9-7-10-14-26)32-31(34(28)19-5-2)27-15-11-8-12-16-27/h7-18,21,35H,4-6,19-20,22-23H2,1-3H3. The van der Waals surface area contributed by atoms with Crippen LogP contribution in [0.25, 0.3) is 22.6 Å². The molecule has 35 heavy (non-hydrogen) atoms. The van der Waals surface area contributed by atoms with E-state index in [1.165, 1.54) is 11.3 Å². The second-order valence-electron chi connectivity index (χ2n) is 9.30. The van der Waals surface area contributed by atoms with Gasteiger partial charge in [-0.25, -0.2) is 4.98 Å². The van der Waals surface area contributed by atoms with Gasteiger partial charge in [0.2, 0.25) is 0 Å². The molecule has 0 fully saturated rings. The van der Waals surface area contributed by atoms with Crippen molar-refractivity contribution in [1.29, 1.82) is 0 Å². The summed E-state index contributed by atoms with van der Waals surface area (Å²) in [6.45, 7) is 10.0. The highest BCUT2D eigenvalue weighted by Crippen LogP contribution is 2.31. The number of hydrogen-bond donors (Lipinski definition) is 1. The van der Waals surface area contributed by atoms with Crippen LogP contribution in [-0.2, 0) is 19.6 Å². The largest absolute Gasteiger partial charge is 0.508 e. The third-order valence-corrected chi connectivity index (χ3v) is 6.47. The normalized spacial score (nSPS) is 11.3. The van der Waals surface area contributed by atoms with Crippen LogP contribution in [0.4, 0.5) is 0 Å². The number of phenols is 1. The highest BCUT2D eigenvalue weighted by atomic mass is 16.3. The number of aromatic hydroxyl groups is 1. The molecule has 0 aliphatic rings. The van der Waals surface area contributed by atoms with E-state index in [1.807, 2.05) is 19.1 Å². The van der Waals surface area contributed by atoms with E-state index < -0.39 is 0 Å². The number of aryl methyl sites for hydroxylation is 1. The molecule has 0 radical (unpaired) electrons. The van der Waals surface area contributed by atoms with Gasteiger partial charge < -0.3 is 9.67 Å². The van der Waals surface area contributed by atoms with Crippen LogP contribution >= 0.6 is 0 Å². The van der Waals surface area contributed by atoms with Gasteiger partial charge in [0.1, 0.15) is 11.6 Å².